The maximum absolute atomic E-state index is 11.4. The van der Waals surface area contributed by atoms with Crippen LogP contribution in [0.4, 0.5) is 26.3 Å². The van der Waals surface area contributed by atoms with Gasteiger partial charge in [0.1, 0.15) is 12.4 Å². The van der Waals surface area contributed by atoms with E-state index in [1.807, 2.05) is 7.05 Å². The second-order valence-corrected chi connectivity index (χ2v) is 7.88. The monoisotopic (exact) mass is 435 g/mol. The van der Waals surface area contributed by atoms with Gasteiger partial charge in [-0.3, -0.25) is 0 Å². The molecule has 0 saturated heterocycles. The van der Waals surface area contributed by atoms with Crippen LogP contribution >= 0.6 is 0 Å². The highest BCUT2D eigenvalue weighted by Gasteiger charge is 2.46. The molecule has 1 atom stereocenters. The molecule has 0 bridgehead atoms. The molecule has 1 aromatic rings. The Hall–Kier alpha value is -1.88. The Morgan fingerprint density at radius 1 is 1.08 bits per heavy atom. The Morgan fingerprint density at radius 3 is 1.69 bits per heavy atom. The average molecular weight is 435 g/mol. The summed E-state index contributed by atoms with van der Waals surface area (Å²) in [5.74, 6) is -0.818. The standard InChI is InChI=1S/C7H10N2O2.C2F6NO4S2/c1-6(7(10)11)9-4-3-8(2)5-9;3-1(4,5)14(10,11)9-15(12,13)2(6,7)8/h3-6H,1-2H3;/q;-1/p+1. The number of sulfonamides is 2. The molecule has 0 aliphatic heterocycles. The van der Waals surface area contributed by atoms with Gasteiger partial charge in [0.2, 0.25) is 6.33 Å². The molecule has 9 nitrogen and oxygen atoms in total. The number of hydrogen-bond acceptors (Lipinski definition) is 5. The van der Waals surface area contributed by atoms with Gasteiger partial charge in [0.05, 0.1) is 7.05 Å². The zero-order valence-corrected chi connectivity index (χ0v) is 14.4. The summed E-state index contributed by atoms with van der Waals surface area (Å²) < 4.78 is 113. The molecule has 0 radical (unpaired) electrons. The van der Waals surface area contributed by atoms with E-state index in [4.69, 9.17) is 5.11 Å². The Kier molecular flexibility index (Phi) is 7.22. The summed E-state index contributed by atoms with van der Waals surface area (Å²) in [5.41, 5.74) is -12.4. The number of alkyl halides is 6. The van der Waals surface area contributed by atoms with Crippen molar-refractivity contribution in [2.75, 3.05) is 0 Å². The molecular weight excluding hydrogens is 424 g/mol. The fraction of sp³-hybridized carbons (Fsp3) is 0.556. The van der Waals surface area contributed by atoms with Crippen molar-refractivity contribution in [3.8, 4) is 0 Å². The minimum atomic E-state index is -6.72. The zero-order valence-electron chi connectivity index (χ0n) is 12.7. The van der Waals surface area contributed by atoms with E-state index in [1.54, 1.807) is 34.8 Å². The van der Waals surface area contributed by atoms with Crippen LogP contribution in [-0.2, 0) is 31.9 Å². The fourth-order valence-corrected chi connectivity index (χ4v) is 2.75. The summed E-state index contributed by atoms with van der Waals surface area (Å²) in [6, 6.07) is -0.490. The van der Waals surface area contributed by atoms with Gasteiger partial charge in [-0.2, -0.15) is 26.3 Å². The molecule has 1 heterocycles. The Bertz CT molecular complexity index is 800. The number of aromatic nitrogens is 2. The summed E-state index contributed by atoms with van der Waals surface area (Å²) in [6.07, 6.45) is 5.27. The van der Waals surface area contributed by atoms with E-state index in [0.29, 0.717) is 0 Å². The second kappa shape index (κ2) is 7.78. The van der Waals surface area contributed by atoms with Crippen LogP contribution in [0.1, 0.15) is 13.0 Å². The molecule has 0 aromatic carbocycles. The summed E-state index contributed by atoms with van der Waals surface area (Å²) in [4.78, 5) is 10.5. The molecule has 1 aromatic heterocycles. The third-order valence-corrected chi connectivity index (χ3v) is 5.12. The molecule has 152 valence electrons. The number of aliphatic carboxylic acids is 1. The highest BCUT2D eigenvalue weighted by Crippen LogP contribution is 2.36. The van der Waals surface area contributed by atoms with Gasteiger partial charge in [0.15, 0.2) is 26.1 Å². The van der Waals surface area contributed by atoms with Gasteiger partial charge in [-0.05, 0) is 6.92 Å². The Labute approximate surface area is 142 Å². The van der Waals surface area contributed by atoms with E-state index in [1.165, 1.54) is 0 Å². The highest BCUT2D eigenvalue weighted by molar-refractivity contribution is 8.13. The van der Waals surface area contributed by atoms with Crippen LogP contribution in [-0.4, -0.2) is 43.5 Å². The Balaban J connectivity index is 0.000000502. The lowest BCUT2D eigenvalue weighted by atomic mass is 10.3. The smallest absolute Gasteiger partial charge is 0.478 e. The lowest BCUT2D eigenvalue weighted by molar-refractivity contribution is -0.671. The van der Waals surface area contributed by atoms with Crippen molar-refractivity contribution >= 4 is 26.0 Å². The quantitative estimate of drug-likeness (QED) is 0.556. The lowest BCUT2D eigenvalue weighted by Crippen LogP contribution is -2.30. The lowest BCUT2D eigenvalue weighted by Gasteiger charge is -2.22. The van der Waals surface area contributed by atoms with Gasteiger partial charge >= 0.3 is 17.0 Å². The summed E-state index contributed by atoms with van der Waals surface area (Å²) in [5, 5.41) is 8.61. The van der Waals surface area contributed by atoms with Crippen LogP contribution in [0.15, 0.2) is 18.7 Å². The second-order valence-electron chi connectivity index (χ2n) is 4.46. The molecule has 0 aliphatic rings. The van der Waals surface area contributed by atoms with Crippen LogP contribution in [0.3, 0.4) is 0 Å². The molecule has 0 saturated carbocycles. The number of halogens is 6. The van der Waals surface area contributed by atoms with Crippen molar-refractivity contribution in [3.63, 3.8) is 0 Å². The number of nitrogens with zero attached hydrogens (tertiary/aromatic N) is 3. The first-order valence-electron chi connectivity index (χ1n) is 5.94. The number of hydrogen-bond donors (Lipinski definition) is 1. The van der Waals surface area contributed by atoms with E-state index in [2.05, 4.69) is 0 Å². The third-order valence-electron chi connectivity index (χ3n) is 2.38. The normalized spacial score (nSPS) is 14.3. The molecule has 0 amide bonds. The zero-order chi connectivity index (χ0) is 21.1. The van der Waals surface area contributed by atoms with Crippen molar-refractivity contribution in [1.82, 2.24) is 4.57 Å². The third kappa shape index (κ3) is 6.45. The van der Waals surface area contributed by atoms with Crippen molar-refractivity contribution in [2.45, 2.75) is 24.0 Å². The topological polar surface area (TPSA) is 128 Å². The predicted octanol–water partition coefficient (Wildman–Crippen LogP) is 1.02. The van der Waals surface area contributed by atoms with Gasteiger partial charge in [0, 0.05) is 0 Å². The molecule has 0 aliphatic carbocycles. The molecule has 1 unspecified atom stereocenters. The van der Waals surface area contributed by atoms with Gasteiger partial charge < -0.3 is 9.23 Å². The number of carboxylic acids is 1. The molecule has 1 rings (SSSR count). The molecule has 0 spiro atoms. The highest BCUT2D eigenvalue weighted by atomic mass is 32.3. The summed E-state index contributed by atoms with van der Waals surface area (Å²) >= 11 is 0. The molecule has 17 heteroatoms. The number of imidazole rings is 1. The van der Waals surface area contributed by atoms with E-state index >= 15 is 0 Å². The minimum Gasteiger partial charge on any atom is -0.478 e. The number of aryl methyl sites for hydroxylation is 1. The average Bonchev–Trinajstić information content (AvgIpc) is 2.81. The maximum Gasteiger partial charge on any atom is 0.480 e. The van der Waals surface area contributed by atoms with Gasteiger partial charge in [0.25, 0.3) is 0 Å². The first kappa shape index (κ1) is 24.1. The van der Waals surface area contributed by atoms with Crippen molar-refractivity contribution in [2.24, 2.45) is 7.05 Å². The number of carbonyl (C=O) groups is 1. The molecule has 0 fully saturated rings. The van der Waals surface area contributed by atoms with Crippen LogP contribution in [0.2, 0.25) is 0 Å². The Morgan fingerprint density at radius 2 is 1.46 bits per heavy atom. The van der Waals surface area contributed by atoms with Crippen molar-refractivity contribution < 1.29 is 57.6 Å². The molecule has 26 heavy (non-hydrogen) atoms. The van der Waals surface area contributed by atoms with Crippen molar-refractivity contribution in [1.29, 1.82) is 0 Å². The molecule has 1 N–H and O–H groups in total. The number of carboxylic acid groups (broad SMARTS) is 1. The number of rotatable bonds is 4. The SMILES string of the molecule is CC(C(=O)O)n1cc[n+](C)c1.O=S(=O)([N-]S(=O)(=O)C(F)(F)F)C(F)(F)F. The summed E-state index contributed by atoms with van der Waals surface area (Å²) in [6.45, 7) is 1.64. The van der Waals surface area contributed by atoms with Gasteiger partial charge in [-0.25, -0.2) is 30.8 Å². The van der Waals surface area contributed by atoms with E-state index in [-0.39, 0.29) is 0 Å². The van der Waals surface area contributed by atoms with Crippen molar-refractivity contribution in [3.05, 3.63) is 22.8 Å². The van der Waals surface area contributed by atoms with Crippen LogP contribution in [0.5, 0.6) is 0 Å². The van der Waals surface area contributed by atoms with Crippen LogP contribution < -0.4 is 4.57 Å². The van der Waals surface area contributed by atoms with Crippen LogP contribution in [0.25, 0.3) is 4.13 Å². The van der Waals surface area contributed by atoms with E-state index in [9.17, 15) is 48.0 Å². The minimum absolute atomic E-state index is 0.490. The molecular formula is C9H11F6N3O6S2. The fourth-order valence-electron chi connectivity index (χ4n) is 1.04. The van der Waals surface area contributed by atoms with Gasteiger partial charge in [-0.1, -0.05) is 0 Å². The summed E-state index contributed by atoms with van der Waals surface area (Å²) in [7, 11) is -11.6. The first-order valence-corrected chi connectivity index (χ1v) is 8.82. The maximum atomic E-state index is 11.4. The van der Waals surface area contributed by atoms with Crippen LogP contribution in [0, 0.1) is 0 Å². The van der Waals surface area contributed by atoms with Gasteiger partial charge in [-0.15, -0.1) is 0 Å². The van der Waals surface area contributed by atoms with E-state index in [0.717, 1.165) is 4.13 Å². The van der Waals surface area contributed by atoms with E-state index < -0.39 is 43.1 Å². The predicted molar refractivity (Wildman–Crippen MR) is 71.3 cm³/mol. The first-order chi connectivity index (χ1) is 11.3. The largest absolute Gasteiger partial charge is 0.480 e.